The Morgan fingerprint density at radius 1 is 1.10 bits per heavy atom. The predicted molar refractivity (Wildman–Crippen MR) is 139 cm³/mol. The highest BCUT2D eigenvalue weighted by Crippen LogP contribution is 2.39. The number of carbonyl (C=O) groups is 1. The summed E-state index contributed by atoms with van der Waals surface area (Å²) in [6, 6.07) is 20.3. The fraction of sp³-hybridized carbons (Fsp3) is 0.276. The molecule has 10 heteroatoms. The van der Waals surface area contributed by atoms with Crippen LogP contribution < -0.4 is 10.2 Å². The van der Waals surface area contributed by atoms with Gasteiger partial charge in [0.15, 0.2) is 0 Å². The van der Waals surface area contributed by atoms with Gasteiger partial charge in [-0.25, -0.2) is 0 Å². The maximum Gasteiger partial charge on any atom is 0.416 e. The molecule has 1 aliphatic heterocycles. The fourth-order valence-corrected chi connectivity index (χ4v) is 4.59. The lowest BCUT2D eigenvalue weighted by Crippen LogP contribution is -2.39. The third-order valence-corrected chi connectivity index (χ3v) is 6.46. The number of halogens is 3. The maximum atomic E-state index is 13.7. The van der Waals surface area contributed by atoms with E-state index in [0.717, 1.165) is 23.3 Å². The molecule has 1 heterocycles. The summed E-state index contributed by atoms with van der Waals surface area (Å²) >= 11 is 0. The molecule has 3 atom stereocenters. The van der Waals surface area contributed by atoms with Crippen molar-refractivity contribution < 1.29 is 27.9 Å². The van der Waals surface area contributed by atoms with Crippen LogP contribution >= 0.6 is 0 Å². The van der Waals surface area contributed by atoms with Crippen LogP contribution in [0.3, 0.4) is 0 Å². The number of hydrogen-bond donors (Lipinski definition) is 1. The van der Waals surface area contributed by atoms with Crippen LogP contribution in [-0.2, 0) is 15.8 Å². The third-order valence-electron chi connectivity index (χ3n) is 6.46. The first-order valence-electron chi connectivity index (χ1n) is 12.3. The van der Waals surface area contributed by atoms with Gasteiger partial charge in [-0.2, -0.15) is 13.2 Å². The lowest BCUT2D eigenvalue weighted by molar-refractivity contribution is -0.757. The van der Waals surface area contributed by atoms with Gasteiger partial charge in [0.2, 0.25) is 5.91 Å². The van der Waals surface area contributed by atoms with E-state index in [1.54, 1.807) is 12.1 Å². The monoisotopic (exact) mass is 537 g/mol. The highest BCUT2D eigenvalue weighted by molar-refractivity contribution is 6.00. The zero-order valence-corrected chi connectivity index (χ0v) is 21.0. The van der Waals surface area contributed by atoms with Crippen LogP contribution in [0, 0.1) is 22.0 Å². The number of alkyl halides is 3. The van der Waals surface area contributed by atoms with E-state index in [0.29, 0.717) is 17.7 Å². The smallest absolute Gasteiger partial charge is 0.313 e. The summed E-state index contributed by atoms with van der Waals surface area (Å²) < 4.78 is 39.5. The van der Waals surface area contributed by atoms with Gasteiger partial charge in [-0.1, -0.05) is 54.3 Å². The quantitative estimate of drug-likeness (QED) is 0.169. The van der Waals surface area contributed by atoms with Crippen molar-refractivity contribution in [3.63, 3.8) is 0 Å². The van der Waals surface area contributed by atoms with Crippen molar-refractivity contribution in [3.05, 3.63) is 111 Å². The summed E-state index contributed by atoms with van der Waals surface area (Å²) in [5.74, 6) is 5.52. The molecule has 1 saturated heterocycles. The Balaban J connectivity index is 1.62. The van der Waals surface area contributed by atoms with Crippen LogP contribution in [-0.4, -0.2) is 23.6 Å². The van der Waals surface area contributed by atoms with Gasteiger partial charge in [0.1, 0.15) is 6.61 Å². The Morgan fingerprint density at radius 3 is 2.49 bits per heavy atom. The molecule has 3 aromatic rings. The summed E-state index contributed by atoms with van der Waals surface area (Å²) in [6.07, 6.45) is -3.93. The van der Waals surface area contributed by atoms with Crippen molar-refractivity contribution in [1.29, 1.82) is 0 Å². The average Bonchev–Trinajstić information content (AvgIpc) is 3.24. The Morgan fingerprint density at radius 2 is 1.82 bits per heavy atom. The summed E-state index contributed by atoms with van der Waals surface area (Å²) in [4.78, 5) is 29.7. The van der Waals surface area contributed by atoms with Crippen LogP contribution in [0.25, 0.3) is 0 Å². The highest BCUT2D eigenvalue weighted by atomic mass is 19.4. The molecule has 1 fully saturated rings. The Bertz CT molecular complexity index is 1370. The summed E-state index contributed by atoms with van der Waals surface area (Å²) in [6.45, 7) is 1.81. The molecule has 4 rings (SSSR count). The van der Waals surface area contributed by atoms with Gasteiger partial charge in [0, 0.05) is 23.7 Å². The van der Waals surface area contributed by atoms with Gasteiger partial charge in [0.25, 0.3) is 5.09 Å². The number of anilines is 1. The van der Waals surface area contributed by atoms with Crippen LogP contribution in [0.15, 0.2) is 78.9 Å². The van der Waals surface area contributed by atoms with Crippen molar-refractivity contribution in [3.8, 4) is 11.8 Å². The van der Waals surface area contributed by atoms with E-state index in [-0.39, 0.29) is 25.0 Å². The molecule has 0 radical (unpaired) electrons. The SMILES string of the molecule is C[C@H](N[C@@H]1C[C@H](c2cccc(C#CCCO[N+](=O)[O-])c2)N(c2ccc(C(F)(F)F)cc2)C1=O)c1ccccc1. The van der Waals surface area contributed by atoms with Gasteiger partial charge in [-0.3, -0.25) is 10.1 Å². The zero-order valence-electron chi connectivity index (χ0n) is 21.0. The predicted octanol–water partition coefficient (Wildman–Crippen LogP) is 5.85. The van der Waals surface area contributed by atoms with Crippen LogP contribution in [0.1, 0.15) is 54.1 Å². The topological polar surface area (TPSA) is 84.7 Å². The van der Waals surface area contributed by atoms with E-state index in [1.165, 1.54) is 17.0 Å². The van der Waals surface area contributed by atoms with E-state index < -0.39 is 28.9 Å². The maximum absolute atomic E-state index is 13.7. The minimum Gasteiger partial charge on any atom is -0.313 e. The Hall–Kier alpha value is -4.36. The van der Waals surface area contributed by atoms with Crippen LogP contribution in [0.2, 0.25) is 0 Å². The molecule has 7 nitrogen and oxygen atoms in total. The van der Waals surface area contributed by atoms with Gasteiger partial charge in [0.05, 0.1) is 17.6 Å². The molecule has 3 aromatic carbocycles. The molecule has 0 aromatic heterocycles. The normalized spacial score (nSPS) is 17.8. The third kappa shape index (κ3) is 6.94. The second kappa shape index (κ2) is 12.0. The highest BCUT2D eigenvalue weighted by Gasteiger charge is 2.42. The van der Waals surface area contributed by atoms with Crippen LogP contribution in [0.5, 0.6) is 0 Å². The van der Waals surface area contributed by atoms with Gasteiger partial charge in [-0.05, 0) is 60.9 Å². The van der Waals surface area contributed by atoms with Crippen molar-refractivity contribution in [2.75, 3.05) is 11.5 Å². The molecule has 1 aliphatic rings. The summed E-state index contributed by atoms with van der Waals surface area (Å²) in [5.41, 5.74) is 1.99. The molecule has 0 unspecified atom stereocenters. The summed E-state index contributed by atoms with van der Waals surface area (Å²) in [7, 11) is 0. The van der Waals surface area contributed by atoms with Gasteiger partial charge in [-0.15, -0.1) is 10.1 Å². The lowest BCUT2D eigenvalue weighted by atomic mass is 9.99. The Labute approximate surface area is 223 Å². The van der Waals surface area contributed by atoms with Gasteiger partial charge < -0.3 is 9.74 Å². The first kappa shape index (κ1) is 27.7. The molecule has 39 heavy (non-hydrogen) atoms. The number of carbonyl (C=O) groups excluding carboxylic acids is 1. The lowest BCUT2D eigenvalue weighted by Gasteiger charge is -2.26. The number of nitrogens with zero attached hydrogens (tertiary/aromatic N) is 2. The second-order valence-corrected chi connectivity index (χ2v) is 9.09. The van der Waals surface area contributed by atoms with E-state index in [9.17, 15) is 28.1 Å². The number of benzene rings is 3. The minimum absolute atomic E-state index is 0.132. The molecule has 1 N–H and O–H groups in total. The molecule has 0 bridgehead atoms. The summed E-state index contributed by atoms with van der Waals surface area (Å²) in [5, 5.41) is 12.8. The molecule has 1 amide bonds. The van der Waals surface area contributed by atoms with Gasteiger partial charge >= 0.3 is 6.18 Å². The van der Waals surface area contributed by atoms with Crippen molar-refractivity contribution in [1.82, 2.24) is 5.32 Å². The second-order valence-electron chi connectivity index (χ2n) is 9.09. The van der Waals surface area contributed by atoms with E-state index in [1.807, 2.05) is 49.4 Å². The standard InChI is InChI=1S/C29H26F3N3O4/c1-20(22-10-3-2-4-11-22)33-26-19-27(23-12-7-9-21(18-23)8-5-6-17-39-35(37)38)34(28(26)36)25-15-13-24(14-16-25)29(30,31)32/h2-4,7,9-16,18,20,26-27,33H,6,17,19H2,1H3/t20-,26+,27+/m0/s1. The van der Waals surface area contributed by atoms with Crippen molar-refractivity contribution in [2.45, 2.75) is 44.1 Å². The molecular weight excluding hydrogens is 511 g/mol. The van der Waals surface area contributed by atoms with E-state index >= 15 is 0 Å². The number of hydrogen-bond acceptors (Lipinski definition) is 5. The van der Waals surface area contributed by atoms with Crippen LogP contribution in [0.4, 0.5) is 18.9 Å². The number of nitrogens with one attached hydrogen (secondary N) is 1. The minimum atomic E-state index is -4.49. The largest absolute Gasteiger partial charge is 0.416 e. The number of amides is 1. The number of rotatable bonds is 8. The first-order valence-corrected chi connectivity index (χ1v) is 12.3. The zero-order chi connectivity index (χ0) is 28.0. The molecular formula is C29H26F3N3O4. The molecule has 0 spiro atoms. The first-order chi connectivity index (χ1) is 18.6. The molecule has 202 valence electrons. The Kier molecular flexibility index (Phi) is 8.52. The molecule has 0 aliphatic carbocycles. The van der Waals surface area contributed by atoms with E-state index in [4.69, 9.17) is 0 Å². The van der Waals surface area contributed by atoms with Crippen molar-refractivity contribution >= 4 is 11.6 Å². The fourth-order valence-electron chi connectivity index (χ4n) is 4.59. The average molecular weight is 538 g/mol. The van der Waals surface area contributed by atoms with E-state index in [2.05, 4.69) is 22.0 Å². The molecule has 0 saturated carbocycles. The van der Waals surface area contributed by atoms with Crippen molar-refractivity contribution in [2.24, 2.45) is 0 Å².